The summed E-state index contributed by atoms with van der Waals surface area (Å²) >= 11 is 6.50. The molecule has 1 spiro atoms. The molecule has 6 rings (SSSR count). The number of nitrogen functional groups attached to an aromatic ring is 1. The molecule has 0 aromatic heterocycles. The second-order valence-corrected chi connectivity index (χ2v) is 17.6. The van der Waals surface area contributed by atoms with E-state index in [-0.39, 0.29) is 43.3 Å². The Labute approximate surface area is 280 Å². The number of benzene rings is 3. The average molecular weight is 679 g/mol. The van der Waals surface area contributed by atoms with E-state index >= 15 is 4.11 Å². The van der Waals surface area contributed by atoms with Crippen LogP contribution in [0, 0.1) is 5.92 Å². The first-order valence-electron chi connectivity index (χ1n) is 16.0. The molecule has 3 aliphatic rings. The third-order valence-electron chi connectivity index (χ3n) is 9.91. The van der Waals surface area contributed by atoms with Crippen molar-refractivity contribution in [1.29, 1.82) is 0 Å². The lowest BCUT2D eigenvalue weighted by Gasteiger charge is -2.31. The average Bonchev–Trinajstić information content (AvgIpc) is 3.68. The summed E-state index contributed by atoms with van der Waals surface area (Å²) in [5.41, 5.74) is 7.06. The van der Waals surface area contributed by atoms with Gasteiger partial charge in [-0.1, -0.05) is 30.7 Å². The minimum atomic E-state index is -3.49. The van der Waals surface area contributed by atoms with Crippen molar-refractivity contribution in [2.24, 2.45) is 5.92 Å². The summed E-state index contributed by atoms with van der Waals surface area (Å²) < 4.78 is 22.9. The van der Waals surface area contributed by atoms with Crippen molar-refractivity contribution in [3.8, 4) is 0 Å². The number of nitrogens with one attached hydrogen (secondary N) is 1. The zero-order valence-corrected chi connectivity index (χ0v) is 28.5. The van der Waals surface area contributed by atoms with Crippen LogP contribution in [-0.2, 0) is 26.5 Å². The molecule has 9 nitrogen and oxygen atoms in total. The van der Waals surface area contributed by atoms with Crippen molar-refractivity contribution in [1.82, 2.24) is 4.90 Å². The Balaban J connectivity index is 1.30. The molecule has 12 heteroatoms. The summed E-state index contributed by atoms with van der Waals surface area (Å²) in [6, 6.07) is 18.8. The molecular formula is C35H40ClFN4O5Si. The molecule has 0 saturated carbocycles. The number of likely N-dealkylation sites (tertiary alicyclic amines) is 1. The van der Waals surface area contributed by atoms with Gasteiger partial charge in [-0.3, -0.25) is 14.4 Å². The zero-order valence-electron chi connectivity index (χ0n) is 26.7. The predicted molar refractivity (Wildman–Crippen MR) is 182 cm³/mol. The topological polar surface area (TPSA) is 125 Å². The van der Waals surface area contributed by atoms with Crippen LogP contribution in [0.2, 0.25) is 23.7 Å². The SMILES string of the molecule is C[C@H]1[C@H]([Si](C)(C)F)[C@@H](CC(=O)N2CCC[C@H]2CO)O[C@]12C(=O)N(Cc1cccc(NC(=O)c3ccc(N)cc3)c1)c1ccc(Cl)cc12. The van der Waals surface area contributed by atoms with Crippen molar-refractivity contribution in [3.63, 3.8) is 0 Å². The Morgan fingerprint density at radius 3 is 2.60 bits per heavy atom. The molecule has 0 unspecified atom stereocenters. The van der Waals surface area contributed by atoms with E-state index in [9.17, 15) is 19.5 Å². The molecule has 3 amide bonds. The number of carbonyl (C=O) groups is 3. The highest BCUT2D eigenvalue weighted by molar-refractivity contribution is 6.72. The normalized spacial score (nSPS) is 25.4. The van der Waals surface area contributed by atoms with Crippen molar-refractivity contribution in [2.45, 2.75) is 69.1 Å². The summed E-state index contributed by atoms with van der Waals surface area (Å²) in [6.45, 7) is 5.60. The van der Waals surface area contributed by atoms with Gasteiger partial charge in [0.1, 0.15) is 0 Å². The van der Waals surface area contributed by atoms with Gasteiger partial charge in [0.25, 0.3) is 11.8 Å². The lowest BCUT2D eigenvalue weighted by atomic mass is 9.82. The fraction of sp³-hybridized carbons (Fsp3) is 0.400. The molecule has 3 aromatic rings. The van der Waals surface area contributed by atoms with Gasteiger partial charge >= 0.3 is 0 Å². The molecular weight excluding hydrogens is 639 g/mol. The summed E-state index contributed by atoms with van der Waals surface area (Å²) in [5, 5.41) is 13.1. The summed E-state index contributed by atoms with van der Waals surface area (Å²) in [5.74, 6) is -1.42. The quantitative estimate of drug-likeness (QED) is 0.156. The number of rotatable bonds is 8. The van der Waals surface area contributed by atoms with Gasteiger partial charge in [0.2, 0.25) is 14.3 Å². The second kappa shape index (κ2) is 12.7. The van der Waals surface area contributed by atoms with Crippen LogP contribution in [0.5, 0.6) is 0 Å². The Morgan fingerprint density at radius 1 is 1.15 bits per heavy atom. The predicted octanol–water partition coefficient (Wildman–Crippen LogP) is 5.87. The number of halogens is 2. The maximum Gasteiger partial charge on any atom is 0.264 e. The number of nitrogens with zero attached hydrogens (tertiary/aromatic N) is 2. The molecule has 47 heavy (non-hydrogen) atoms. The van der Waals surface area contributed by atoms with E-state index < -0.39 is 31.6 Å². The highest BCUT2D eigenvalue weighted by Crippen LogP contribution is 2.60. The zero-order chi connectivity index (χ0) is 33.7. The standard InChI is InChI=1S/C35H40ClFN4O5Si/c1-21-32(47(2,3)37)30(18-31(43)40-15-5-8-27(40)20-42)46-35(21)28-17-24(36)11-14-29(28)41(34(35)45)19-22-6-4-7-26(16-22)39-33(44)23-9-12-25(38)13-10-23/h4,6-7,9-14,16-17,21,27,30,32,42H,5,8,15,18-20,38H2,1-3H3,(H,39,44)/t21-,27-,30+,32-,35+/m0/s1. The van der Waals surface area contributed by atoms with Gasteiger partial charge in [0.05, 0.1) is 37.4 Å². The molecule has 4 N–H and O–H groups in total. The Morgan fingerprint density at radius 2 is 1.89 bits per heavy atom. The van der Waals surface area contributed by atoms with Gasteiger partial charge < -0.3 is 34.8 Å². The number of carbonyl (C=O) groups excluding carboxylic acids is 3. The molecule has 0 radical (unpaired) electrons. The van der Waals surface area contributed by atoms with Crippen molar-refractivity contribution in [3.05, 3.63) is 88.4 Å². The molecule has 3 heterocycles. The number of ether oxygens (including phenoxy) is 1. The van der Waals surface area contributed by atoms with Gasteiger partial charge in [-0.2, -0.15) is 0 Å². The molecule has 248 valence electrons. The Hall–Kier alpha value is -3.77. The van der Waals surface area contributed by atoms with Crippen molar-refractivity contribution < 1.29 is 28.3 Å². The first kappa shape index (κ1) is 33.1. The van der Waals surface area contributed by atoms with Crippen LogP contribution in [-0.4, -0.2) is 61.4 Å². The van der Waals surface area contributed by atoms with E-state index in [1.54, 1.807) is 83.6 Å². The Kier molecular flexibility index (Phi) is 8.94. The number of aliphatic hydroxyl groups is 1. The van der Waals surface area contributed by atoms with Crippen molar-refractivity contribution >= 4 is 54.8 Å². The van der Waals surface area contributed by atoms with Crippen LogP contribution in [0.25, 0.3) is 0 Å². The van der Waals surface area contributed by atoms with E-state index in [1.807, 2.05) is 13.0 Å². The number of amides is 3. The number of anilines is 3. The van der Waals surface area contributed by atoms with Gasteiger partial charge in [-0.15, -0.1) is 0 Å². The minimum absolute atomic E-state index is 0.0768. The summed E-state index contributed by atoms with van der Waals surface area (Å²) in [6.07, 6.45) is 0.604. The van der Waals surface area contributed by atoms with E-state index in [0.29, 0.717) is 46.2 Å². The number of nitrogens with two attached hydrogens (primary N) is 1. The summed E-state index contributed by atoms with van der Waals surface area (Å²) in [4.78, 5) is 44.4. The molecule has 0 aliphatic carbocycles. The van der Waals surface area contributed by atoms with E-state index in [1.165, 1.54) is 0 Å². The van der Waals surface area contributed by atoms with Crippen LogP contribution in [0.4, 0.5) is 21.2 Å². The lowest BCUT2D eigenvalue weighted by molar-refractivity contribution is -0.150. The molecule has 3 aliphatic heterocycles. The molecule has 3 aromatic carbocycles. The van der Waals surface area contributed by atoms with Gasteiger partial charge in [0, 0.05) is 45.5 Å². The molecule has 2 fully saturated rings. The fourth-order valence-corrected chi connectivity index (χ4v) is 10.5. The van der Waals surface area contributed by atoms with Crippen LogP contribution >= 0.6 is 11.6 Å². The first-order chi connectivity index (χ1) is 22.3. The Bertz CT molecular complexity index is 1700. The van der Waals surface area contributed by atoms with Crippen LogP contribution in [0.1, 0.15) is 47.7 Å². The number of hydrogen-bond donors (Lipinski definition) is 3. The molecule has 0 bridgehead atoms. The number of aliphatic hydroxyl groups excluding tert-OH is 1. The van der Waals surface area contributed by atoms with Crippen molar-refractivity contribution in [2.75, 3.05) is 29.1 Å². The smallest absolute Gasteiger partial charge is 0.264 e. The first-order valence-corrected chi connectivity index (χ1v) is 19.3. The van der Waals surface area contributed by atoms with Gasteiger partial charge in [-0.25, -0.2) is 0 Å². The van der Waals surface area contributed by atoms with Gasteiger partial charge in [0.15, 0.2) is 5.60 Å². The van der Waals surface area contributed by atoms with E-state index in [0.717, 1.165) is 12.0 Å². The monoisotopic (exact) mass is 678 g/mol. The molecule has 2 saturated heterocycles. The van der Waals surface area contributed by atoms with E-state index in [4.69, 9.17) is 22.1 Å². The van der Waals surface area contributed by atoms with Crippen LogP contribution in [0.3, 0.4) is 0 Å². The molecule has 5 atom stereocenters. The van der Waals surface area contributed by atoms with Crippen LogP contribution < -0.4 is 16.0 Å². The summed E-state index contributed by atoms with van der Waals surface area (Å²) in [7, 11) is -3.49. The largest absolute Gasteiger partial charge is 0.399 e. The highest BCUT2D eigenvalue weighted by Gasteiger charge is 2.67. The lowest BCUT2D eigenvalue weighted by Crippen LogP contribution is -2.45. The van der Waals surface area contributed by atoms with Crippen LogP contribution in [0.15, 0.2) is 66.7 Å². The maximum atomic E-state index is 16.2. The number of fused-ring (bicyclic) bond motifs is 2. The van der Waals surface area contributed by atoms with E-state index in [2.05, 4.69) is 5.32 Å². The maximum absolute atomic E-state index is 16.2. The third kappa shape index (κ3) is 6.06. The van der Waals surface area contributed by atoms with Gasteiger partial charge in [-0.05, 0) is 86.1 Å². The minimum Gasteiger partial charge on any atom is -0.399 e. The number of hydrogen-bond acceptors (Lipinski definition) is 6. The second-order valence-electron chi connectivity index (χ2n) is 13.4. The third-order valence-corrected chi connectivity index (χ3v) is 12.6. The highest BCUT2D eigenvalue weighted by atomic mass is 35.5. The fourth-order valence-electron chi connectivity index (χ4n) is 7.79.